The second-order valence-electron chi connectivity index (χ2n) is 10.7. The van der Waals surface area contributed by atoms with Crippen molar-refractivity contribution in [3.8, 4) is 17.0 Å². The molecule has 1 amide bonds. The van der Waals surface area contributed by atoms with Crippen LogP contribution in [-0.2, 0) is 11.2 Å². The van der Waals surface area contributed by atoms with E-state index in [1.165, 1.54) is 7.11 Å². The summed E-state index contributed by atoms with van der Waals surface area (Å²) in [4.78, 5) is 22.7. The Balaban J connectivity index is 1.42. The Morgan fingerprint density at radius 1 is 1.19 bits per heavy atom. The number of aliphatic hydroxyl groups is 1. The zero-order valence-corrected chi connectivity index (χ0v) is 23.7. The van der Waals surface area contributed by atoms with Crippen LogP contribution in [0.15, 0.2) is 48.9 Å². The van der Waals surface area contributed by atoms with Gasteiger partial charge < -0.3 is 25.2 Å². The summed E-state index contributed by atoms with van der Waals surface area (Å²) in [6.07, 6.45) is 6.68. The minimum absolute atomic E-state index is 0.0173. The smallest absolute Gasteiger partial charge is 0.409 e. The highest BCUT2D eigenvalue weighted by Crippen LogP contribution is 2.39. The van der Waals surface area contributed by atoms with Crippen LogP contribution in [0, 0.1) is 17.6 Å². The quantitative estimate of drug-likeness (QED) is 0.321. The van der Waals surface area contributed by atoms with Gasteiger partial charge in [-0.3, -0.25) is 4.98 Å². The molecule has 0 radical (unpaired) electrons. The van der Waals surface area contributed by atoms with Gasteiger partial charge in [-0.2, -0.15) is 5.10 Å². The first-order valence-electron chi connectivity index (χ1n) is 13.8. The first-order valence-corrected chi connectivity index (χ1v) is 13.8. The molecule has 0 aliphatic heterocycles. The molecule has 1 aromatic carbocycles. The lowest BCUT2D eigenvalue weighted by Gasteiger charge is -2.43. The van der Waals surface area contributed by atoms with Crippen molar-refractivity contribution in [2.24, 2.45) is 11.7 Å². The summed E-state index contributed by atoms with van der Waals surface area (Å²) >= 11 is 0. The molecule has 0 spiro atoms. The Morgan fingerprint density at radius 3 is 2.64 bits per heavy atom. The molecular weight excluding hydrogens is 546 g/mol. The van der Waals surface area contributed by atoms with E-state index in [0.717, 1.165) is 29.7 Å². The first kappa shape index (κ1) is 29.3. The summed E-state index contributed by atoms with van der Waals surface area (Å²) in [5.41, 5.74) is 9.14. The van der Waals surface area contributed by atoms with Crippen LogP contribution in [0.5, 0.6) is 5.75 Å². The molecule has 222 valence electrons. The van der Waals surface area contributed by atoms with E-state index >= 15 is 0 Å². The predicted octanol–water partition coefficient (Wildman–Crippen LogP) is 3.94. The van der Waals surface area contributed by atoms with Gasteiger partial charge in [-0.25, -0.2) is 23.1 Å². The molecule has 1 aliphatic rings. The predicted molar refractivity (Wildman–Crippen MR) is 151 cm³/mol. The average Bonchev–Trinajstić information content (AvgIpc) is 3.37. The number of ether oxygens (including phenoxy) is 2. The van der Waals surface area contributed by atoms with Crippen molar-refractivity contribution in [3.05, 3.63) is 77.5 Å². The molecule has 0 saturated heterocycles. The van der Waals surface area contributed by atoms with E-state index in [-0.39, 0.29) is 54.1 Å². The van der Waals surface area contributed by atoms with E-state index in [2.05, 4.69) is 22.0 Å². The van der Waals surface area contributed by atoms with Gasteiger partial charge in [-0.05, 0) is 54.0 Å². The number of fused-ring (bicyclic) bond motifs is 1. The Morgan fingerprint density at radius 2 is 1.95 bits per heavy atom. The molecule has 3 aromatic heterocycles. The molecule has 10 nitrogen and oxygen atoms in total. The van der Waals surface area contributed by atoms with Gasteiger partial charge in [0.1, 0.15) is 29.8 Å². The summed E-state index contributed by atoms with van der Waals surface area (Å²) in [6.45, 7) is 1.74. The van der Waals surface area contributed by atoms with Gasteiger partial charge in [0.15, 0.2) is 0 Å². The zero-order valence-electron chi connectivity index (χ0n) is 23.7. The SMILES string of the molecule is COC(=O)N(C)[C@@H]1[C@H](N)C[C@H](c2ccncc2Cc2ncc3ccc(-c4c(F)cc(OCCO)cc4F)nn23)C[C@@H]1C. The monoisotopic (exact) mass is 580 g/mol. The lowest BCUT2D eigenvalue weighted by molar-refractivity contribution is 0.0777. The van der Waals surface area contributed by atoms with E-state index in [1.54, 1.807) is 47.2 Å². The fourth-order valence-corrected chi connectivity index (χ4v) is 6.15. The van der Waals surface area contributed by atoms with Gasteiger partial charge >= 0.3 is 6.09 Å². The highest BCUT2D eigenvalue weighted by atomic mass is 19.1. The molecule has 4 aromatic rings. The molecule has 3 N–H and O–H groups in total. The van der Waals surface area contributed by atoms with Crippen molar-refractivity contribution < 1.29 is 28.2 Å². The van der Waals surface area contributed by atoms with Gasteiger partial charge in [-0.15, -0.1) is 0 Å². The molecule has 0 bridgehead atoms. The van der Waals surface area contributed by atoms with Crippen molar-refractivity contribution in [2.45, 2.75) is 44.2 Å². The van der Waals surface area contributed by atoms with Crippen LogP contribution in [0.2, 0.25) is 0 Å². The number of rotatable bonds is 8. The maximum atomic E-state index is 15.0. The van der Waals surface area contributed by atoms with Crippen LogP contribution < -0.4 is 10.5 Å². The van der Waals surface area contributed by atoms with Crippen LogP contribution >= 0.6 is 0 Å². The number of aliphatic hydroxyl groups excluding tert-OH is 1. The van der Waals surface area contributed by atoms with Crippen LogP contribution in [0.3, 0.4) is 0 Å². The highest BCUT2D eigenvalue weighted by molar-refractivity contribution is 5.67. The number of nitrogens with two attached hydrogens (primary N) is 1. The summed E-state index contributed by atoms with van der Waals surface area (Å²) in [7, 11) is 3.08. The van der Waals surface area contributed by atoms with Crippen LogP contribution in [-0.4, -0.2) is 75.1 Å². The number of methoxy groups -OCH3 is 1. The number of halogens is 2. The van der Waals surface area contributed by atoms with Crippen molar-refractivity contribution >= 4 is 11.6 Å². The van der Waals surface area contributed by atoms with Gasteiger partial charge in [0.05, 0.1) is 42.7 Å². The fraction of sp³-hybridized carbons (Fsp3) is 0.400. The number of nitrogens with zero attached hydrogens (tertiary/aromatic N) is 5. The topological polar surface area (TPSA) is 128 Å². The Kier molecular flexibility index (Phi) is 8.64. The van der Waals surface area contributed by atoms with E-state index in [1.807, 2.05) is 6.07 Å². The maximum Gasteiger partial charge on any atom is 0.409 e. The number of carbonyl (C=O) groups is 1. The van der Waals surface area contributed by atoms with Crippen LogP contribution in [0.1, 0.15) is 42.6 Å². The third kappa shape index (κ3) is 5.77. The molecule has 3 heterocycles. The number of likely N-dealkylation sites (N-methyl/N-ethyl adjacent to an activating group) is 1. The Bertz CT molecular complexity index is 1550. The summed E-state index contributed by atoms with van der Waals surface area (Å²) in [5, 5.41) is 13.5. The van der Waals surface area contributed by atoms with Crippen LogP contribution in [0.25, 0.3) is 16.8 Å². The number of hydrogen-bond acceptors (Lipinski definition) is 8. The van der Waals surface area contributed by atoms with Gasteiger partial charge in [0, 0.05) is 44.0 Å². The molecule has 0 unspecified atom stereocenters. The summed E-state index contributed by atoms with van der Waals surface area (Å²) < 4.78 is 41.6. The summed E-state index contributed by atoms with van der Waals surface area (Å²) in [6, 6.07) is 6.99. The molecule has 5 rings (SSSR count). The van der Waals surface area contributed by atoms with Crippen LogP contribution in [0.4, 0.5) is 13.6 Å². The lowest BCUT2D eigenvalue weighted by Crippen LogP contribution is -2.55. The molecule has 1 fully saturated rings. The number of pyridine rings is 1. The molecule has 12 heteroatoms. The highest BCUT2D eigenvalue weighted by Gasteiger charge is 2.39. The number of amides is 1. The minimum Gasteiger partial charge on any atom is -0.491 e. The molecule has 1 aliphatic carbocycles. The number of imidazole rings is 1. The van der Waals surface area contributed by atoms with E-state index < -0.39 is 17.7 Å². The minimum atomic E-state index is -0.829. The Hall–Kier alpha value is -4.16. The number of carbonyl (C=O) groups excluding carboxylic acids is 1. The van der Waals surface area contributed by atoms with Crippen molar-refractivity contribution in [3.63, 3.8) is 0 Å². The molecule has 42 heavy (non-hydrogen) atoms. The van der Waals surface area contributed by atoms with E-state index in [9.17, 15) is 13.6 Å². The third-order valence-corrected chi connectivity index (χ3v) is 7.96. The van der Waals surface area contributed by atoms with Gasteiger partial charge in [-0.1, -0.05) is 6.92 Å². The second kappa shape index (κ2) is 12.4. The van der Waals surface area contributed by atoms with E-state index in [4.69, 9.17) is 20.3 Å². The molecular formula is C30H34F2N6O4. The standard InChI is InChI=1S/C30H34F2N6O4/c1-17-10-18(11-25(33)29(17)37(2)30(40)41-3)22-6-7-34-15-19(22)12-27-35-16-20-4-5-26(36-38(20)27)28-23(31)13-21(14-24(28)32)42-9-8-39/h4-7,13-18,25,29,39H,8-12,33H2,1-3H3/t17-,18+,25+,29-/m0/s1. The van der Waals surface area contributed by atoms with E-state index in [0.29, 0.717) is 24.2 Å². The van der Waals surface area contributed by atoms with Crippen molar-refractivity contribution in [2.75, 3.05) is 27.4 Å². The van der Waals surface area contributed by atoms with Gasteiger partial charge in [0.2, 0.25) is 0 Å². The Labute approximate surface area is 242 Å². The number of aromatic nitrogens is 4. The number of hydrogen-bond donors (Lipinski definition) is 2. The third-order valence-electron chi connectivity index (χ3n) is 7.96. The number of benzene rings is 1. The first-order chi connectivity index (χ1) is 20.2. The fourth-order valence-electron chi connectivity index (χ4n) is 6.15. The molecule has 4 atom stereocenters. The normalized spacial score (nSPS) is 20.5. The maximum absolute atomic E-state index is 15.0. The summed E-state index contributed by atoms with van der Waals surface area (Å²) in [5.74, 6) is -0.822. The zero-order chi connectivity index (χ0) is 30.0. The molecule has 1 saturated carbocycles. The largest absolute Gasteiger partial charge is 0.491 e. The second-order valence-corrected chi connectivity index (χ2v) is 10.7. The average molecular weight is 581 g/mol. The van der Waals surface area contributed by atoms with Crippen molar-refractivity contribution in [1.29, 1.82) is 0 Å². The lowest BCUT2D eigenvalue weighted by atomic mass is 9.72. The van der Waals surface area contributed by atoms with Gasteiger partial charge in [0.25, 0.3) is 0 Å². The van der Waals surface area contributed by atoms with Crippen molar-refractivity contribution in [1.82, 2.24) is 24.5 Å².